The summed E-state index contributed by atoms with van der Waals surface area (Å²) in [5, 5.41) is 3.26. The van der Waals surface area contributed by atoms with Crippen LogP contribution in [-0.2, 0) is 19.0 Å². The molecule has 1 N–H and O–H groups in total. The van der Waals surface area contributed by atoms with Crippen LogP contribution in [0.25, 0.3) is 0 Å². The number of anilines is 1. The topological polar surface area (TPSA) is 66.0 Å². The van der Waals surface area contributed by atoms with Crippen LogP contribution in [0.15, 0.2) is 24.3 Å². The minimum Gasteiger partial charge on any atom is -0.494 e. The predicted octanol–water partition coefficient (Wildman–Crippen LogP) is 3.70. The van der Waals surface area contributed by atoms with Crippen molar-refractivity contribution >= 4 is 11.5 Å². The molecular formula is C21H35NO5. The van der Waals surface area contributed by atoms with Gasteiger partial charge in [-0.2, -0.15) is 0 Å². The fourth-order valence-electron chi connectivity index (χ4n) is 2.32. The van der Waals surface area contributed by atoms with E-state index < -0.39 is 0 Å². The summed E-state index contributed by atoms with van der Waals surface area (Å²) >= 11 is 0. The summed E-state index contributed by atoms with van der Waals surface area (Å²) in [4.78, 5) is 10.7. The second-order valence-electron chi connectivity index (χ2n) is 6.30. The van der Waals surface area contributed by atoms with E-state index in [0.29, 0.717) is 26.4 Å². The Morgan fingerprint density at radius 1 is 0.815 bits per heavy atom. The highest BCUT2D eigenvalue weighted by molar-refractivity contribution is 5.76. The Balaban J connectivity index is 1.80. The van der Waals surface area contributed by atoms with Crippen molar-refractivity contribution in [3.05, 3.63) is 24.3 Å². The summed E-state index contributed by atoms with van der Waals surface area (Å²) in [5.74, 6) is 0.946. The van der Waals surface area contributed by atoms with Gasteiger partial charge in [0.15, 0.2) is 5.78 Å². The summed E-state index contributed by atoms with van der Waals surface area (Å²) in [5.41, 5.74) is 1.11. The Morgan fingerprint density at radius 3 is 1.96 bits per heavy atom. The first kappa shape index (κ1) is 23.4. The van der Waals surface area contributed by atoms with Crippen LogP contribution in [0, 0.1) is 0 Å². The standard InChI is InChI=1S/C21H35NO5/c1-3-22-20-8-10-21(11-9-20)27-17-7-15-25-13-5-4-12-24-14-6-16-26-18-19(2)23/h8-11,22H,3-7,12-18H2,1-2H3. The van der Waals surface area contributed by atoms with Crippen LogP contribution in [0.5, 0.6) is 5.75 Å². The maximum atomic E-state index is 10.7. The highest BCUT2D eigenvalue weighted by Crippen LogP contribution is 2.15. The van der Waals surface area contributed by atoms with Crippen molar-refractivity contribution in [2.75, 3.05) is 58.1 Å². The molecule has 0 aliphatic carbocycles. The van der Waals surface area contributed by atoms with E-state index >= 15 is 0 Å². The third-order valence-corrected chi connectivity index (χ3v) is 3.65. The first-order valence-corrected chi connectivity index (χ1v) is 9.91. The number of carbonyl (C=O) groups is 1. The number of hydrogen-bond acceptors (Lipinski definition) is 6. The molecule has 1 aromatic carbocycles. The molecule has 0 aromatic heterocycles. The lowest BCUT2D eigenvalue weighted by Crippen LogP contribution is -2.08. The zero-order chi connectivity index (χ0) is 19.6. The Labute approximate surface area is 163 Å². The van der Waals surface area contributed by atoms with E-state index in [1.54, 1.807) is 0 Å². The Morgan fingerprint density at radius 2 is 1.37 bits per heavy atom. The highest BCUT2D eigenvalue weighted by atomic mass is 16.5. The number of nitrogens with one attached hydrogen (secondary N) is 1. The smallest absolute Gasteiger partial charge is 0.155 e. The SMILES string of the molecule is CCNc1ccc(OCCCOCCCCOCCCOCC(C)=O)cc1. The van der Waals surface area contributed by atoms with E-state index in [9.17, 15) is 4.79 Å². The van der Waals surface area contributed by atoms with Gasteiger partial charge in [0, 0.05) is 51.7 Å². The number of unbranched alkanes of at least 4 members (excludes halogenated alkanes) is 1. The molecule has 0 aliphatic rings. The quantitative estimate of drug-likeness (QED) is 0.391. The van der Waals surface area contributed by atoms with Crippen LogP contribution < -0.4 is 10.1 Å². The molecule has 0 fully saturated rings. The molecule has 0 bridgehead atoms. The van der Waals surface area contributed by atoms with Gasteiger partial charge in [-0.1, -0.05) is 0 Å². The van der Waals surface area contributed by atoms with Crippen molar-refractivity contribution in [2.24, 2.45) is 0 Å². The van der Waals surface area contributed by atoms with E-state index in [0.717, 1.165) is 56.9 Å². The molecule has 1 rings (SSSR count). The molecule has 0 heterocycles. The molecule has 0 saturated heterocycles. The van der Waals surface area contributed by atoms with Crippen LogP contribution >= 0.6 is 0 Å². The number of rotatable bonds is 18. The largest absolute Gasteiger partial charge is 0.494 e. The molecule has 0 spiro atoms. The van der Waals surface area contributed by atoms with Crippen molar-refractivity contribution in [3.8, 4) is 5.75 Å². The highest BCUT2D eigenvalue weighted by Gasteiger charge is 1.97. The van der Waals surface area contributed by atoms with E-state index in [-0.39, 0.29) is 12.4 Å². The average molecular weight is 382 g/mol. The second-order valence-corrected chi connectivity index (χ2v) is 6.30. The van der Waals surface area contributed by atoms with Gasteiger partial charge in [-0.05, 0) is 57.4 Å². The van der Waals surface area contributed by atoms with Gasteiger partial charge in [-0.3, -0.25) is 4.79 Å². The van der Waals surface area contributed by atoms with Crippen LogP contribution in [0.1, 0.15) is 39.5 Å². The molecule has 0 aliphatic heterocycles. The molecule has 6 heteroatoms. The number of carbonyl (C=O) groups excluding carboxylic acids is 1. The van der Waals surface area contributed by atoms with Crippen molar-refractivity contribution < 1.29 is 23.7 Å². The molecule has 0 atom stereocenters. The number of Topliss-reactive ketones (excluding diaryl/α,β-unsaturated/α-hetero) is 1. The molecule has 0 unspecified atom stereocenters. The van der Waals surface area contributed by atoms with E-state index in [1.165, 1.54) is 6.92 Å². The predicted molar refractivity (Wildman–Crippen MR) is 108 cm³/mol. The molecule has 0 radical (unpaired) electrons. The third-order valence-electron chi connectivity index (χ3n) is 3.65. The normalized spacial score (nSPS) is 10.7. The van der Waals surface area contributed by atoms with Crippen LogP contribution in [-0.4, -0.2) is 58.6 Å². The van der Waals surface area contributed by atoms with Crippen molar-refractivity contribution in [1.82, 2.24) is 0 Å². The number of hydrogen-bond donors (Lipinski definition) is 1. The van der Waals surface area contributed by atoms with E-state index in [4.69, 9.17) is 18.9 Å². The Bertz CT molecular complexity index is 478. The van der Waals surface area contributed by atoms with Gasteiger partial charge in [-0.25, -0.2) is 0 Å². The third kappa shape index (κ3) is 14.1. The van der Waals surface area contributed by atoms with Gasteiger partial charge in [0.1, 0.15) is 12.4 Å². The minimum atomic E-state index is 0.0566. The first-order chi connectivity index (χ1) is 13.2. The van der Waals surface area contributed by atoms with Crippen molar-refractivity contribution in [3.63, 3.8) is 0 Å². The minimum absolute atomic E-state index is 0.0566. The summed E-state index contributed by atoms with van der Waals surface area (Å²) in [6, 6.07) is 8.01. The van der Waals surface area contributed by atoms with Gasteiger partial charge in [0.2, 0.25) is 0 Å². The lowest BCUT2D eigenvalue weighted by Gasteiger charge is -2.08. The Kier molecular flexibility index (Phi) is 14.3. The van der Waals surface area contributed by atoms with Crippen molar-refractivity contribution in [2.45, 2.75) is 39.5 Å². The molecule has 1 aromatic rings. The fraction of sp³-hybridized carbons (Fsp3) is 0.667. The van der Waals surface area contributed by atoms with Gasteiger partial charge >= 0.3 is 0 Å². The van der Waals surface area contributed by atoms with Gasteiger partial charge in [0.25, 0.3) is 0 Å². The summed E-state index contributed by atoms with van der Waals surface area (Å²) < 4.78 is 22.0. The van der Waals surface area contributed by atoms with Gasteiger partial charge < -0.3 is 24.3 Å². The van der Waals surface area contributed by atoms with E-state index in [1.807, 2.05) is 24.3 Å². The van der Waals surface area contributed by atoms with E-state index in [2.05, 4.69) is 12.2 Å². The lowest BCUT2D eigenvalue weighted by molar-refractivity contribution is -0.121. The zero-order valence-corrected chi connectivity index (χ0v) is 16.8. The number of ketones is 1. The molecule has 154 valence electrons. The van der Waals surface area contributed by atoms with Crippen LogP contribution in [0.2, 0.25) is 0 Å². The first-order valence-electron chi connectivity index (χ1n) is 9.91. The van der Waals surface area contributed by atoms with Crippen LogP contribution in [0.4, 0.5) is 5.69 Å². The maximum Gasteiger partial charge on any atom is 0.155 e. The summed E-state index contributed by atoms with van der Waals surface area (Å²) in [6.45, 7) is 8.83. The molecule has 0 saturated carbocycles. The summed E-state index contributed by atoms with van der Waals surface area (Å²) in [6.07, 6.45) is 3.68. The zero-order valence-electron chi connectivity index (χ0n) is 16.8. The van der Waals surface area contributed by atoms with Crippen LogP contribution in [0.3, 0.4) is 0 Å². The second kappa shape index (κ2) is 16.5. The number of ether oxygens (including phenoxy) is 4. The fourth-order valence-corrected chi connectivity index (χ4v) is 2.32. The summed E-state index contributed by atoms with van der Waals surface area (Å²) in [7, 11) is 0. The lowest BCUT2D eigenvalue weighted by atomic mass is 10.3. The monoisotopic (exact) mass is 381 g/mol. The average Bonchev–Trinajstić information content (AvgIpc) is 2.66. The molecule has 0 amide bonds. The van der Waals surface area contributed by atoms with Gasteiger partial charge in [-0.15, -0.1) is 0 Å². The van der Waals surface area contributed by atoms with Crippen molar-refractivity contribution in [1.29, 1.82) is 0 Å². The maximum absolute atomic E-state index is 10.7. The molecular weight excluding hydrogens is 346 g/mol. The number of benzene rings is 1. The molecule has 6 nitrogen and oxygen atoms in total. The molecule has 27 heavy (non-hydrogen) atoms. The van der Waals surface area contributed by atoms with Gasteiger partial charge in [0.05, 0.1) is 6.61 Å². The Hall–Kier alpha value is -1.63.